The van der Waals surface area contributed by atoms with Crippen LogP contribution in [0.4, 0.5) is 11.5 Å². The molecule has 0 fully saturated rings. The summed E-state index contributed by atoms with van der Waals surface area (Å²) >= 11 is 6.22. The molecule has 4 aromatic rings. The van der Waals surface area contributed by atoms with Gasteiger partial charge in [0.15, 0.2) is 11.5 Å². The highest BCUT2D eigenvalue weighted by molar-refractivity contribution is 6.30. The molecule has 7 heteroatoms. The number of phenolic OH excluding ortho intramolecular Hbond substituents is 1. The summed E-state index contributed by atoms with van der Waals surface area (Å²) in [4.78, 5) is 4.75. The fraction of sp³-hybridized carbons (Fsp3) is 0.0952. The molecule has 6 nitrogen and oxygen atoms in total. The van der Waals surface area contributed by atoms with Crippen molar-refractivity contribution in [3.05, 3.63) is 65.8 Å². The van der Waals surface area contributed by atoms with E-state index < -0.39 is 0 Å². The van der Waals surface area contributed by atoms with Crippen LogP contribution in [0.3, 0.4) is 0 Å². The van der Waals surface area contributed by atoms with E-state index in [0.29, 0.717) is 22.2 Å². The zero-order chi connectivity index (χ0) is 19.7. The van der Waals surface area contributed by atoms with Crippen molar-refractivity contribution in [1.29, 1.82) is 0 Å². The minimum absolute atomic E-state index is 0.0573. The number of methoxy groups -OCH3 is 2. The molecule has 0 aliphatic heterocycles. The van der Waals surface area contributed by atoms with Crippen molar-refractivity contribution in [3.8, 4) is 28.5 Å². The number of benzene rings is 2. The van der Waals surface area contributed by atoms with Crippen LogP contribution in [0.25, 0.3) is 16.9 Å². The second kappa shape index (κ2) is 7.32. The number of para-hydroxylation sites is 1. The lowest BCUT2D eigenvalue weighted by Crippen LogP contribution is -1.97. The molecule has 0 atom stereocenters. The Morgan fingerprint density at radius 2 is 1.68 bits per heavy atom. The Bertz CT molecular complexity index is 1120. The summed E-state index contributed by atoms with van der Waals surface area (Å²) in [6.45, 7) is 0. The third kappa shape index (κ3) is 3.18. The number of fused-ring (bicyclic) bond motifs is 1. The van der Waals surface area contributed by atoms with E-state index >= 15 is 0 Å². The number of rotatable bonds is 5. The van der Waals surface area contributed by atoms with Gasteiger partial charge in [-0.2, -0.15) is 0 Å². The Morgan fingerprint density at radius 1 is 1.00 bits per heavy atom. The Balaban J connectivity index is 1.95. The van der Waals surface area contributed by atoms with E-state index in [1.54, 1.807) is 24.4 Å². The topological polar surface area (TPSA) is 68.0 Å². The standard InChI is InChI=1S/C21H18ClN3O3/c1-27-16-10-13(11-17(28-2)20(16)26)19-21(23-15-6-4-3-5-7-15)25-12-14(22)8-9-18(25)24-19/h3-12,23,26H,1-2H3. The van der Waals surface area contributed by atoms with Gasteiger partial charge in [-0.1, -0.05) is 29.8 Å². The van der Waals surface area contributed by atoms with Crippen molar-refractivity contribution in [1.82, 2.24) is 9.38 Å². The van der Waals surface area contributed by atoms with Crippen LogP contribution in [0.5, 0.6) is 17.2 Å². The van der Waals surface area contributed by atoms with Crippen LogP contribution in [0.15, 0.2) is 60.8 Å². The van der Waals surface area contributed by atoms with Gasteiger partial charge in [-0.15, -0.1) is 0 Å². The number of halogens is 1. The van der Waals surface area contributed by atoms with E-state index in [0.717, 1.165) is 22.7 Å². The molecule has 2 heterocycles. The molecule has 0 unspecified atom stereocenters. The molecule has 0 aliphatic rings. The zero-order valence-electron chi connectivity index (χ0n) is 15.3. The Labute approximate surface area is 166 Å². The van der Waals surface area contributed by atoms with Gasteiger partial charge in [0.05, 0.1) is 19.2 Å². The number of anilines is 2. The maximum atomic E-state index is 10.2. The molecule has 142 valence electrons. The van der Waals surface area contributed by atoms with E-state index in [1.807, 2.05) is 40.8 Å². The zero-order valence-corrected chi connectivity index (χ0v) is 16.1. The second-order valence-corrected chi connectivity index (χ2v) is 6.54. The first-order valence-corrected chi connectivity index (χ1v) is 8.93. The van der Waals surface area contributed by atoms with Crippen LogP contribution < -0.4 is 14.8 Å². The van der Waals surface area contributed by atoms with Gasteiger partial charge >= 0.3 is 0 Å². The number of aromatic hydroxyl groups is 1. The lowest BCUT2D eigenvalue weighted by atomic mass is 10.1. The number of hydrogen-bond donors (Lipinski definition) is 2. The summed E-state index contributed by atoms with van der Waals surface area (Å²) in [7, 11) is 2.98. The van der Waals surface area contributed by atoms with Gasteiger partial charge in [-0.3, -0.25) is 4.40 Å². The van der Waals surface area contributed by atoms with Crippen molar-refractivity contribution >= 4 is 28.8 Å². The third-order valence-electron chi connectivity index (χ3n) is 4.37. The number of pyridine rings is 1. The Kier molecular flexibility index (Phi) is 4.71. The molecular weight excluding hydrogens is 378 g/mol. The van der Waals surface area contributed by atoms with Gasteiger partial charge in [0.1, 0.15) is 17.2 Å². The molecule has 2 aromatic heterocycles. The largest absolute Gasteiger partial charge is 0.502 e. The van der Waals surface area contributed by atoms with E-state index in [4.69, 9.17) is 26.1 Å². The van der Waals surface area contributed by atoms with E-state index in [2.05, 4.69) is 5.32 Å². The Hall–Kier alpha value is -3.38. The normalized spacial score (nSPS) is 10.8. The molecule has 4 rings (SSSR count). The summed E-state index contributed by atoms with van der Waals surface area (Å²) in [6, 6.07) is 16.9. The highest BCUT2D eigenvalue weighted by Crippen LogP contribution is 2.42. The van der Waals surface area contributed by atoms with Crippen molar-refractivity contribution in [2.45, 2.75) is 0 Å². The summed E-state index contributed by atoms with van der Waals surface area (Å²) in [5, 5.41) is 14.2. The van der Waals surface area contributed by atoms with Gasteiger partial charge in [-0.25, -0.2) is 4.98 Å². The summed E-state index contributed by atoms with van der Waals surface area (Å²) in [5.41, 5.74) is 3.03. The number of ether oxygens (including phenoxy) is 2. The van der Waals surface area contributed by atoms with Crippen molar-refractivity contribution in [2.24, 2.45) is 0 Å². The van der Waals surface area contributed by atoms with Crippen molar-refractivity contribution in [2.75, 3.05) is 19.5 Å². The molecule has 0 amide bonds. The van der Waals surface area contributed by atoms with Gasteiger partial charge < -0.3 is 19.9 Å². The number of phenols is 1. The van der Waals surface area contributed by atoms with E-state index in [9.17, 15) is 5.11 Å². The number of imidazole rings is 1. The Morgan fingerprint density at radius 3 is 2.32 bits per heavy atom. The highest BCUT2D eigenvalue weighted by atomic mass is 35.5. The van der Waals surface area contributed by atoms with Crippen LogP contribution in [-0.2, 0) is 0 Å². The minimum atomic E-state index is -0.0573. The van der Waals surface area contributed by atoms with Crippen LogP contribution in [0, 0.1) is 0 Å². The minimum Gasteiger partial charge on any atom is -0.502 e. The first-order chi connectivity index (χ1) is 13.6. The lowest BCUT2D eigenvalue weighted by molar-refractivity contribution is 0.340. The number of nitrogens with zero attached hydrogens (tertiary/aromatic N) is 2. The molecular formula is C21H18ClN3O3. The lowest BCUT2D eigenvalue weighted by Gasteiger charge is -2.12. The number of nitrogens with one attached hydrogen (secondary N) is 1. The predicted octanol–water partition coefficient (Wildman–Crippen LogP) is 5.12. The average molecular weight is 396 g/mol. The predicted molar refractivity (Wildman–Crippen MR) is 110 cm³/mol. The SMILES string of the molecule is COc1cc(-c2nc3ccc(Cl)cn3c2Nc2ccccc2)cc(OC)c1O. The molecule has 0 radical (unpaired) electrons. The van der Waals surface area contributed by atoms with Crippen LogP contribution >= 0.6 is 11.6 Å². The van der Waals surface area contributed by atoms with E-state index in [-0.39, 0.29) is 5.75 Å². The number of aromatic nitrogens is 2. The smallest absolute Gasteiger partial charge is 0.200 e. The molecule has 28 heavy (non-hydrogen) atoms. The second-order valence-electron chi connectivity index (χ2n) is 6.10. The molecule has 0 saturated heterocycles. The molecule has 2 N–H and O–H groups in total. The fourth-order valence-corrected chi connectivity index (χ4v) is 3.19. The molecule has 0 saturated carbocycles. The first-order valence-electron chi connectivity index (χ1n) is 8.55. The summed E-state index contributed by atoms with van der Waals surface area (Å²) in [5.74, 6) is 1.28. The van der Waals surface area contributed by atoms with Crippen molar-refractivity contribution in [3.63, 3.8) is 0 Å². The van der Waals surface area contributed by atoms with Crippen molar-refractivity contribution < 1.29 is 14.6 Å². The molecule has 0 bridgehead atoms. The van der Waals surface area contributed by atoms with Gasteiger partial charge in [0.2, 0.25) is 5.75 Å². The van der Waals surface area contributed by atoms with E-state index in [1.165, 1.54) is 14.2 Å². The van der Waals surface area contributed by atoms with Gasteiger partial charge in [-0.05, 0) is 36.4 Å². The quantitative estimate of drug-likeness (QED) is 0.490. The van der Waals surface area contributed by atoms with Gasteiger partial charge in [0, 0.05) is 17.4 Å². The fourth-order valence-electron chi connectivity index (χ4n) is 3.03. The summed E-state index contributed by atoms with van der Waals surface area (Å²) < 4.78 is 12.5. The number of hydrogen-bond acceptors (Lipinski definition) is 5. The average Bonchev–Trinajstić information content (AvgIpc) is 3.06. The summed E-state index contributed by atoms with van der Waals surface area (Å²) in [6.07, 6.45) is 1.80. The maximum absolute atomic E-state index is 10.2. The molecule has 0 aliphatic carbocycles. The third-order valence-corrected chi connectivity index (χ3v) is 4.60. The highest BCUT2D eigenvalue weighted by Gasteiger charge is 2.19. The molecule has 0 spiro atoms. The van der Waals surface area contributed by atoms with Crippen LogP contribution in [0.2, 0.25) is 5.02 Å². The van der Waals surface area contributed by atoms with Crippen LogP contribution in [0.1, 0.15) is 0 Å². The molecule has 2 aromatic carbocycles. The van der Waals surface area contributed by atoms with Crippen LogP contribution in [-0.4, -0.2) is 28.7 Å². The first kappa shape index (κ1) is 18.0. The monoisotopic (exact) mass is 395 g/mol. The maximum Gasteiger partial charge on any atom is 0.200 e. The van der Waals surface area contributed by atoms with Gasteiger partial charge in [0.25, 0.3) is 0 Å².